The normalized spacial score (nSPS) is 14.7. The molecule has 2 aromatic rings. The lowest BCUT2D eigenvalue weighted by molar-refractivity contribution is -0.136. The Kier molecular flexibility index (Phi) is 6.43. The maximum absolute atomic E-state index is 13.8. The van der Waals surface area contributed by atoms with Crippen LogP contribution in [0.1, 0.15) is 21.5 Å². The van der Waals surface area contributed by atoms with E-state index < -0.39 is 35.7 Å². The monoisotopic (exact) mass is 403 g/mol. The van der Waals surface area contributed by atoms with Gasteiger partial charge in [-0.2, -0.15) is 0 Å². The van der Waals surface area contributed by atoms with Gasteiger partial charge in [0.15, 0.2) is 6.61 Å². The zero-order valence-electron chi connectivity index (χ0n) is 16.2. The van der Waals surface area contributed by atoms with Gasteiger partial charge in [-0.1, -0.05) is 29.8 Å². The second-order valence-electron chi connectivity index (χ2n) is 7.08. The SMILES string of the molecule is Cc1cccc(CN2CCN(C(=O)COC(=O)c3c(F)cc(N)cc3F)CC2)c1. The van der Waals surface area contributed by atoms with Crippen molar-refractivity contribution < 1.29 is 23.1 Å². The van der Waals surface area contributed by atoms with Crippen LogP contribution in [0.25, 0.3) is 0 Å². The van der Waals surface area contributed by atoms with E-state index in [1.165, 1.54) is 11.1 Å². The summed E-state index contributed by atoms with van der Waals surface area (Å²) < 4.78 is 32.3. The van der Waals surface area contributed by atoms with Crippen molar-refractivity contribution in [3.63, 3.8) is 0 Å². The highest BCUT2D eigenvalue weighted by Gasteiger charge is 2.24. The van der Waals surface area contributed by atoms with E-state index >= 15 is 0 Å². The van der Waals surface area contributed by atoms with Crippen molar-refractivity contribution in [3.05, 3.63) is 64.7 Å². The Labute approximate surface area is 167 Å². The number of hydrogen-bond donors (Lipinski definition) is 1. The second-order valence-corrected chi connectivity index (χ2v) is 7.08. The van der Waals surface area contributed by atoms with Gasteiger partial charge in [0, 0.05) is 38.4 Å². The van der Waals surface area contributed by atoms with Crippen molar-refractivity contribution in [2.75, 3.05) is 38.5 Å². The molecule has 0 bridgehead atoms. The van der Waals surface area contributed by atoms with Gasteiger partial charge in [-0.3, -0.25) is 9.69 Å². The highest BCUT2D eigenvalue weighted by molar-refractivity contribution is 5.92. The number of benzene rings is 2. The van der Waals surface area contributed by atoms with Gasteiger partial charge >= 0.3 is 5.97 Å². The number of amides is 1. The van der Waals surface area contributed by atoms with Crippen molar-refractivity contribution >= 4 is 17.6 Å². The summed E-state index contributed by atoms with van der Waals surface area (Å²) in [6.07, 6.45) is 0. The van der Waals surface area contributed by atoms with Crippen LogP contribution in [0.3, 0.4) is 0 Å². The lowest BCUT2D eigenvalue weighted by atomic mass is 10.1. The van der Waals surface area contributed by atoms with Crippen LogP contribution in [0, 0.1) is 18.6 Å². The minimum absolute atomic E-state index is 0.142. The number of nitrogens with two attached hydrogens (primary N) is 1. The molecule has 154 valence electrons. The Bertz CT molecular complexity index is 889. The summed E-state index contributed by atoms with van der Waals surface area (Å²) in [5.74, 6) is -3.87. The Hall–Kier alpha value is -3.00. The van der Waals surface area contributed by atoms with Crippen LogP contribution in [-0.4, -0.2) is 54.5 Å². The first-order valence-electron chi connectivity index (χ1n) is 9.31. The molecule has 0 radical (unpaired) electrons. The minimum atomic E-state index is -1.23. The molecule has 1 amide bonds. The molecule has 29 heavy (non-hydrogen) atoms. The molecule has 0 saturated carbocycles. The van der Waals surface area contributed by atoms with Crippen LogP contribution in [0.4, 0.5) is 14.5 Å². The molecule has 1 fully saturated rings. The number of carbonyl (C=O) groups is 2. The van der Waals surface area contributed by atoms with Crippen molar-refractivity contribution in [1.29, 1.82) is 0 Å². The molecule has 6 nitrogen and oxygen atoms in total. The number of esters is 1. The fourth-order valence-corrected chi connectivity index (χ4v) is 3.30. The van der Waals surface area contributed by atoms with Gasteiger partial charge in [-0.25, -0.2) is 13.6 Å². The fourth-order valence-electron chi connectivity index (χ4n) is 3.30. The van der Waals surface area contributed by atoms with Gasteiger partial charge in [0.2, 0.25) is 0 Å². The number of rotatable bonds is 5. The largest absolute Gasteiger partial charge is 0.452 e. The number of carbonyl (C=O) groups excluding carboxylic acids is 2. The van der Waals surface area contributed by atoms with Gasteiger partial charge in [-0.15, -0.1) is 0 Å². The van der Waals surface area contributed by atoms with Crippen LogP contribution >= 0.6 is 0 Å². The lowest BCUT2D eigenvalue weighted by Crippen LogP contribution is -2.49. The van der Waals surface area contributed by atoms with E-state index in [4.69, 9.17) is 10.5 Å². The third-order valence-corrected chi connectivity index (χ3v) is 4.81. The molecule has 0 unspecified atom stereocenters. The smallest absolute Gasteiger partial charge is 0.344 e. The van der Waals surface area contributed by atoms with Crippen molar-refractivity contribution in [1.82, 2.24) is 9.80 Å². The molecule has 0 spiro atoms. The van der Waals surface area contributed by atoms with Crippen molar-refractivity contribution in [3.8, 4) is 0 Å². The van der Waals surface area contributed by atoms with Crippen LogP contribution in [0.15, 0.2) is 36.4 Å². The highest BCUT2D eigenvalue weighted by atomic mass is 19.1. The maximum Gasteiger partial charge on any atom is 0.344 e. The van der Waals surface area contributed by atoms with Gasteiger partial charge in [0.05, 0.1) is 0 Å². The summed E-state index contributed by atoms with van der Waals surface area (Å²) >= 11 is 0. The molecule has 2 aromatic carbocycles. The first kappa shape index (κ1) is 20.7. The summed E-state index contributed by atoms with van der Waals surface area (Å²) in [7, 11) is 0. The summed E-state index contributed by atoms with van der Waals surface area (Å²) in [6.45, 7) is 4.64. The van der Waals surface area contributed by atoms with Gasteiger partial charge in [0.25, 0.3) is 5.91 Å². The third-order valence-electron chi connectivity index (χ3n) is 4.81. The number of piperazine rings is 1. The molecule has 8 heteroatoms. The Morgan fingerprint density at radius 1 is 1.07 bits per heavy atom. The van der Waals surface area contributed by atoms with E-state index in [-0.39, 0.29) is 5.69 Å². The first-order valence-corrected chi connectivity index (χ1v) is 9.31. The summed E-state index contributed by atoms with van der Waals surface area (Å²) in [6, 6.07) is 9.92. The van der Waals surface area contributed by atoms with Crippen LogP contribution in [0.2, 0.25) is 0 Å². The molecule has 1 aliphatic rings. The highest BCUT2D eigenvalue weighted by Crippen LogP contribution is 2.18. The second kappa shape index (κ2) is 9.00. The van der Waals surface area contributed by atoms with E-state index in [1.54, 1.807) is 4.90 Å². The number of aryl methyl sites for hydroxylation is 1. The lowest BCUT2D eigenvalue weighted by Gasteiger charge is -2.34. The predicted molar refractivity (Wildman–Crippen MR) is 104 cm³/mol. The summed E-state index contributed by atoms with van der Waals surface area (Å²) in [4.78, 5) is 28.1. The first-order chi connectivity index (χ1) is 13.8. The van der Waals surface area contributed by atoms with Crippen LogP contribution < -0.4 is 5.73 Å². The molecule has 1 saturated heterocycles. The molecule has 3 rings (SSSR count). The van der Waals surface area contributed by atoms with E-state index in [2.05, 4.69) is 17.0 Å². The predicted octanol–water partition coefficient (Wildman–Crippen LogP) is 2.36. The number of hydrogen-bond acceptors (Lipinski definition) is 5. The van der Waals surface area contributed by atoms with E-state index in [1.807, 2.05) is 19.1 Å². The van der Waals surface area contributed by atoms with E-state index in [9.17, 15) is 18.4 Å². The van der Waals surface area contributed by atoms with Crippen molar-refractivity contribution in [2.24, 2.45) is 0 Å². The average molecular weight is 403 g/mol. The van der Waals surface area contributed by atoms with E-state index in [0.29, 0.717) is 26.2 Å². The molecule has 1 aliphatic heterocycles. The fraction of sp³-hybridized carbons (Fsp3) is 0.333. The van der Waals surface area contributed by atoms with Crippen LogP contribution in [0.5, 0.6) is 0 Å². The number of nitrogens with zero attached hydrogens (tertiary/aromatic N) is 2. The molecular weight excluding hydrogens is 380 g/mol. The molecule has 1 heterocycles. The number of anilines is 1. The Morgan fingerprint density at radius 2 is 1.72 bits per heavy atom. The van der Waals surface area contributed by atoms with Crippen LogP contribution in [-0.2, 0) is 16.1 Å². The van der Waals surface area contributed by atoms with Gasteiger partial charge < -0.3 is 15.4 Å². The molecule has 0 atom stereocenters. The number of nitrogen functional groups attached to an aromatic ring is 1. The van der Waals surface area contributed by atoms with Gasteiger partial charge in [-0.05, 0) is 24.6 Å². The average Bonchev–Trinajstić information content (AvgIpc) is 2.66. The number of ether oxygens (including phenoxy) is 1. The molecular formula is C21H23F2N3O3. The standard InChI is InChI=1S/C21H23F2N3O3/c1-14-3-2-4-15(9-14)12-25-5-7-26(8-6-25)19(27)13-29-21(28)20-17(22)10-16(24)11-18(20)23/h2-4,9-11H,5-8,12-13,24H2,1H3. The summed E-state index contributed by atoms with van der Waals surface area (Å²) in [5, 5.41) is 0. The zero-order chi connectivity index (χ0) is 21.0. The van der Waals surface area contributed by atoms with E-state index in [0.717, 1.165) is 18.7 Å². The molecule has 0 aromatic heterocycles. The zero-order valence-corrected chi connectivity index (χ0v) is 16.2. The third kappa shape index (κ3) is 5.29. The molecule has 2 N–H and O–H groups in total. The quantitative estimate of drug-likeness (QED) is 0.613. The topological polar surface area (TPSA) is 75.9 Å². The minimum Gasteiger partial charge on any atom is -0.452 e. The Balaban J connectivity index is 1.48. The molecule has 0 aliphatic carbocycles. The van der Waals surface area contributed by atoms with Gasteiger partial charge in [0.1, 0.15) is 17.2 Å². The van der Waals surface area contributed by atoms with Crippen molar-refractivity contribution in [2.45, 2.75) is 13.5 Å². The maximum atomic E-state index is 13.8. The summed E-state index contributed by atoms with van der Waals surface area (Å²) in [5.41, 5.74) is 6.74. The number of halogens is 2. The Morgan fingerprint density at radius 3 is 2.34 bits per heavy atom.